The van der Waals surface area contributed by atoms with Crippen molar-refractivity contribution >= 4 is 0 Å². The van der Waals surface area contributed by atoms with Gasteiger partial charge < -0.3 is 10.5 Å². The Morgan fingerprint density at radius 1 is 1.38 bits per heavy atom. The van der Waals surface area contributed by atoms with Crippen molar-refractivity contribution in [1.29, 1.82) is 0 Å². The molecule has 1 rings (SSSR count). The van der Waals surface area contributed by atoms with Crippen LogP contribution in [-0.4, -0.2) is 13.7 Å². The van der Waals surface area contributed by atoms with E-state index in [4.69, 9.17) is 10.5 Å². The van der Waals surface area contributed by atoms with E-state index in [2.05, 4.69) is 38.1 Å². The third kappa shape index (κ3) is 3.95. The van der Waals surface area contributed by atoms with Gasteiger partial charge in [-0.05, 0) is 29.9 Å². The Kier molecular flexibility index (Phi) is 5.50. The highest BCUT2D eigenvalue weighted by Gasteiger charge is 2.11. The number of rotatable bonds is 6. The molecule has 0 aliphatic rings. The average Bonchev–Trinajstić information content (AvgIpc) is 2.29. The minimum Gasteiger partial charge on any atom is -0.384 e. The van der Waals surface area contributed by atoms with Crippen LogP contribution in [0.3, 0.4) is 0 Å². The van der Waals surface area contributed by atoms with Crippen LogP contribution in [0.5, 0.6) is 0 Å². The number of aryl methyl sites for hydroxylation is 1. The lowest BCUT2D eigenvalue weighted by Gasteiger charge is -2.17. The SMILES string of the molecule is CCc1cccc(C(N)CC(C)COC)c1. The molecular formula is C14H23NO. The summed E-state index contributed by atoms with van der Waals surface area (Å²) in [5.41, 5.74) is 8.79. The van der Waals surface area contributed by atoms with Gasteiger partial charge >= 0.3 is 0 Å². The zero-order valence-corrected chi connectivity index (χ0v) is 10.6. The molecule has 0 aliphatic carbocycles. The van der Waals surface area contributed by atoms with E-state index >= 15 is 0 Å². The summed E-state index contributed by atoms with van der Waals surface area (Å²) in [7, 11) is 1.74. The summed E-state index contributed by atoms with van der Waals surface area (Å²) in [5, 5.41) is 0. The second kappa shape index (κ2) is 6.66. The van der Waals surface area contributed by atoms with Gasteiger partial charge in [0, 0.05) is 19.8 Å². The first-order valence-electron chi connectivity index (χ1n) is 6.00. The first-order chi connectivity index (χ1) is 7.67. The van der Waals surface area contributed by atoms with Crippen molar-refractivity contribution in [3.63, 3.8) is 0 Å². The summed E-state index contributed by atoms with van der Waals surface area (Å²) in [4.78, 5) is 0. The van der Waals surface area contributed by atoms with Gasteiger partial charge in [0.2, 0.25) is 0 Å². The molecule has 2 heteroatoms. The Hall–Kier alpha value is -0.860. The third-order valence-electron chi connectivity index (χ3n) is 2.89. The first kappa shape index (κ1) is 13.2. The smallest absolute Gasteiger partial charge is 0.0488 e. The fourth-order valence-corrected chi connectivity index (χ4v) is 1.97. The van der Waals surface area contributed by atoms with Gasteiger partial charge in [-0.2, -0.15) is 0 Å². The van der Waals surface area contributed by atoms with Gasteiger partial charge in [-0.25, -0.2) is 0 Å². The van der Waals surface area contributed by atoms with Crippen LogP contribution in [0.15, 0.2) is 24.3 Å². The molecule has 2 N–H and O–H groups in total. The molecule has 0 heterocycles. The molecule has 90 valence electrons. The van der Waals surface area contributed by atoms with Crippen molar-refractivity contribution in [2.24, 2.45) is 11.7 Å². The van der Waals surface area contributed by atoms with E-state index in [1.165, 1.54) is 11.1 Å². The van der Waals surface area contributed by atoms with Crippen molar-refractivity contribution in [2.75, 3.05) is 13.7 Å². The number of nitrogens with two attached hydrogens (primary N) is 1. The van der Waals surface area contributed by atoms with Gasteiger partial charge in [-0.3, -0.25) is 0 Å². The maximum absolute atomic E-state index is 6.19. The lowest BCUT2D eigenvalue weighted by Crippen LogP contribution is -2.16. The van der Waals surface area contributed by atoms with Crippen molar-refractivity contribution in [3.05, 3.63) is 35.4 Å². The van der Waals surface area contributed by atoms with Gasteiger partial charge in [0.1, 0.15) is 0 Å². The zero-order chi connectivity index (χ0) is 12.0. The van der Waals surface area contributed by atoms with Crippen molar-refractivity contribution < 1.29 is 4.74 Å². The Labute approximate surface area is 98.8 Å². The molecule has 2 unspecified atom stereocenters. The molecule has 16 heavy (non-hydrogen) atoms. The molecule has 0 saturated carbocycles. The van der Waals surface area contributed by atoms with Crippen LogP contribution < -0.4 is 5.73 Å². The molecule has 2 atom stereocenters. The Morgan fingerprint density at radius 2 is 2.12 bits per heavy atom. The van der Waals surface area contributed by atoms with E-state index in [0.717, 1.165) is 19.4 Å². The van der Waals surface area contributed by atoms with Gasteiger partial charge in [-0.1, -0.05) is 38.1 Å². The van der Waals surface area contributed by atoms with Gasteiger partial charge in [0.25, 0.3) is 0 Å². The van der Waals surface area contributed by atoms with Crippen LogP contribution in [0.4, 0.5) is 0 Å². The molecule has 1 aromatic carbocycles. The Morgan fingerprint density at radius 3 is 2.75 bits per heavy atom. The maximum Gasteiger partial charge on any atom is 0.0488 e. The van der Waals surface area contributed by atoms with E-state index in [0.29, 0.717) is 5.92 Å². The normalized spacial score (nSPS) is 14.8. The fraction of sp³-hybridized carbons (Fsp3) is 0.571. The summed E-state index contributed by atoms with van der Waals surface area (Å²) in [6.07, 6.45) is 2.04. The molecule has 0 bridgehead atoms. The van der Waals surface area contributed by atoms with Gasteiger partial charge in [-0.15, -0.1) is 0 Å². The molecular weight excluding hydrogens is 198 g/mol. The standard InChI is InChI=1S/C14H23NO/c1-4-12-6-5-7-13(9-12)14(15)8-11(2)10-16-3/h5-7,9,11,14H,4,8,10,15H2,1-3H3. The molecule has 0 aliphatic heterocycles. The summed E-state index contributed by atoms with van der Waals surface area (Å²) >= 11 is 0. The van der Waals surface area contributed by atoms with E-state index in [1.54, 1.807) is 7.11 Å². The second-order valence-electron chi connectivity index (χ2n) is 4.50. The Bertz CT molecular complexity index is 311. The molecule has 0 saturated heterocycles. The van der Waals surface area contributed by atoms with E-state index in [-0.39, 0.29) is 6.04 Å². The van der Waals surface area contributed by atoms with Crippen LogP contribution in [0.25, 0.3) is 0 Å². The minimum atomic E-state index is 0.122. The average molecular weight is 221 g/mol. The number of ether oxygens (including phenoxy) is 1. The van der Waals surface area contributed by atoms with Crippen LogP contribution in [0.1, 0.15) is 37.4 Å². The highest BCUT2D eigenvalue weighted by Crippen LogP contribution is 2.20. The largest absolute Gasteiger partial charge is 0.384 e. The molecule has 0 aromatic heterocycles. The van der Waals surface area contributed by atoms with E-state index < -0.39 is 0 Å². The predicted octanol–water partition coefficient (Wildman–Crippen LogP) is 2.92. The third-order valence-corrected chi connectivity index (χ3v) is 2.89. The van der Waals surface area contributed by atoms with E-state index in [1.807, 2.05) is 0 Å². The van der Waals surface area contributed by atoms with Crippen LogP contribution >= 0.6 is 0 Å². The second-order valence-corrected chi connectivity index (χ2v) is 4.50. The number of methoxy groups -OCH3 is 1. The van der Waals surface area contributed by atoms with Crippen molar-refractivity contribution in [3.8, 4) is 0 Å². The predicted molar refractivity (Wildman–Crippen MR) is 68.4 cm³/mol. The molecule has 0 amide bonds. The van der Waals surface area contributed by atoms with Crippen LogP contribution in [0.2, 0.25) is 0 Å². The van der Waals surface area contributed by atoms with Gasteiger partial charge in [0.05, 0.1) is 0 Å². The van der Waals surface area contributed by atoms with Gasteiger partial charge in [0.15, 0.2) is 0 Å². The fourth-order valence-electron chi connectivity index (χ4n) is 1.97. The summed E-state index contributed by atoms with van der Waals surface area (Å²) in [5.74, 6) is 0.505. The molecule has 0 fully saturated rings. The van der Waals surface area contributed by atoms with Crippen LogP contribution in [-0.2, 0) is 11.2 Å². The quantitative estimate of drug-likeness (QED) is 0.801. The molecule has 0 spiro atoms. The Balaban J connectivity index is 2.61. The topological polar surface area (TPSA) is 35.2 Å². The first-order valence-corrected chi connectivity index (χ1v) is 6.00. The number of hydrogen-bond donors (Lipinski definition) is 1. The summed E-state index contributed by atoms with van der Waals surface area (Å²) in [6, 6.07) is 8.69. The highest BCUT2D eigenvalue weighted by atomic mass is 16.5. The maximum atomic E-state index is 6.19. The minimum absolute atomic E-state index is 0.122. The summed E-state index contributed by atoms with van der Waals surface area (Å²) in [6.45, 7) is 5.12. The monoisotopic (exact) mass is 221 g/mol. The molecule has 1 aromatic rings. The van der Waals surface area contributed by atoms with Crippen molar-refractivity contribution in [2.45, 2.75) is 32.7 Å². The van der Waals surface area contributed by atoms with Crippen LogP contribution in [0, 0.1) is 5.92 Å². The number of hydrogen-bond acceptors (Lipinski definition) is 2. The summed E-state index contributed by atoms with van der Waals surface area (Å²) < 4.78 is 5.13. The van der Waals surface area contributed by atoms with E-state index in [9.17, 15) is 0 Å². The lowest BCUT2D eigenvalue weighted by molar-refractivity contribution is 0.152. The lowest BCUT2D eigenvalue weighted by atomic mass is 9.95. The number of benzene rings is 1. The highest BCUT2D eigenvalue weighted by molar-refractivity contribution is 5.25. The molecule has 2 nitrogen and oxygen atoms in total. The zero-order valence-electron chi connectivity index (χ0n) is 10.6. The van der Waals surface area contributed by atoms with Crippen molar-refractivity contribution in [1.82, 2.24) is 0 Å². The molecule has 0 radical (unpaired) electrons.